The molecule has 0 saturated carbocycles. The molecule has 0 unspecified atom stereocenters. The van der Waals surface area contributed by atoms with Crippen LogP contribution in [0.3, 0.4) is 0 Å². The van der Waals surface area contributed by atoms with Crippen molar-refractivity contribution in [2.75, 3.05) is 27.3 Å². The number of Topliss-reactive ketones (excluding diaryl/α,β-unsaturated/α-hetero) is 1. The van der Waals surface area contributed by atoms with Crippen molar-refractivity contribution < 1.29 is 18.3 Å². The van der Waals surface area contributed by atoms with Gasteiger partial charge in [0.05, 0.1) is 12.3 Å². The molecule has 1 heterocycles. The van der Waals surface area contributed by atoms with E-state index < -0.39 is 18.8 Å². The van der Waals surface area contributed by atoms with Crippen molar-refractivity contribution in [1.82, 2.24) is 9.88 Å². The quantitative estimate of drug-likeness (QED) is 0.306. The minimum absolute atomic E-state index is 0.0315. The number of nitriles is 1. The summed E-state index contributed by atoms with van der Waals surface area (Å²) < 4.78 is 29.6. The van der Waals surface area contributed by atoms with E-state index >= 15 is 0 Å². The number of nitrogens with one attached hydrogen (secondary N) is 1. The smallest absolute Gasteiger partial charge is 0.261 e. The summed E-state index contributed by atoms with van der Waals surface area (Å²) in [6.07, 6.45) is 2.08. The highest BCUT2D eigenvalue weighted by molar-refractivity contribution is 9.12. The van der Waals surface area contributed by atoms with Crippen LogP contribution in [-0.2, 0) is 4.74 Å². The van der Waals surface area contributed by atoms with Crippen LogP contribution in [0.5, 0.6) is 0 Å². The lowest BCUT2D eigenvalue weighted by Gasteiger charge is -2.04. The third-order valence-electron chi connectivity index (χ3n) is 2.84. The molecule has 1 N–H and O–H groups in total. The first-order valence-corrected chi connectivity index (χ1v) is 7.98. The predicted molar refractivity (Wildman–Crippen MR) is 95.6 cm³/mol. The number of aromatic nitrogens is 1. The fraction of sp³-hybridized carbons (Fsp3) is 0.294. The highest BCUT2D eigenvalue weighted by Gasteiger charge is 2.14. The molecule has 25 heavy (non-hydrogen) atoms. The van der Waals surface area contributed by atoms with Gasteiger partial charge in [-0.1, -0.05) is 22.5 Å². The monoisotopic (exact) mass is 413 g/mol. The number of H-pyrrole nitrogens is 1. The second kappa shape index (κ2) is 9.91. The predicted octanol–water partition coefficient (Wildman–Crippen LogP) is 1.92. The minimum Gasteiger partial charge on any atom is -0.382 e. The lowest BCUT2D eigenvalue weighted by Crippen LogP contribution is -2.23. The molecular weight excluding hydrogens is 396 g/mol. The van der Waals surface area contributed by atoms with Crippen LogP contribution in [0.2, 0.25) is 0 Å². The van der Waals surface area contributed by atoms with Crippen molar-refractivity contribution in [2.45, 2.75) is 6.43 Å². The highest BCUT2D eigenvalue weighted by atomic mass is 79.9. The van der Waals surface area contributed by atoms with Crippen molar-refractivity contribution in [3.05, 3.63) is 45.2 Å². The van der Waals surface area contributed by atoms with Crippen LogP contribution in [0.15, 0.2) is 28.9 Å². The number of aromatic amines is 1. The molecule has 0 aliphatic rings. The standard InChI is InChI=1S/C17H18BrF2N3O2/c1-11(18)6-14-12(4-5-25-10-16(19)20)7-15(22-14)17(24)13(8-21)9-23(2)3/h4,6-7,9,16,22H,1,5,10H2,2-3H3/b12-4-,13-9+,14-6+. The number of rotatable bonds is 8. The lowest BCUT2D eigenvalue weighted by atomic mass is 10.1. The van der Waals surface area contributed by atoms with Crippen LogP contribution in [0.1, 0.15) is 10.5 Å². The first-order valence-electron chi connectivity index (χ1n) is 7.19. The molecule has 134 valence electrons. The van der Waals surface area contributed by atoms with E-state index in [0.717, 1.165) is 0 Å². The lowest BCUT2D eigenvalue weighted by molar-refractivity contribution is 0.0315. The molecule has 0 amide bonds. The van der Waals surface area contributed by atoms with Gasteiger partial charge in [-0.3, -0.25) is 4.79 Å². The Hall–Kier alpha value is -2.24. The van der Waals surface area contributed by atoms with Gasteiger partial charge in [0.1, 0.15) is 18.2 Å². The number of nitrogens with zero attached hydrogens (tertiary/aromatic N) is 2. The van der Waals surface area contributed by atoms with Crippen molar-refractivity contribution >= 4 is 33.9 Å². The van der Waals surface area contributed by atoms with E-state index in [-0.39, 0.29) is 17.9 Å². The summed E-state index contributed by atoms with van der Waals surface area (Å²) in [5, 5.41) is 10.3. The number of hydrogen-bond acceptors (Lipinski definition) is 4. The zero-order valence-electron chi connectivity index (χ0n) is 13.9. The van der Waals surface area contributed by atoms with Gasteiger partial charge in [-0.25, -0.2) is 8.78 Å². The van der Waals surface area contributed by atoms with Crippen molar-refractivity contribution in [3.8, 4) is 6.07 Å². The minimum atomic E-state index is -2.54. The summed E-state index contributed by atoms with van der Waals surface area (Å²) in [7, 11) is 3.40. The third-order valence-corrected chi connectivity index (χ3v) is 3.07. The number of halogens is 3. The molecule has 0 fully saturated rings. The Balaban J connectivity index is 3.24. The molecule has 0 radical (unpaired) electrons. The Morgan fingerprint density at radius 2 is 2.24 bits per heavy atom. The zero-order valence-corrected chi connectivity index (χ0v) is 15.4. The Kier molecular flexibility index (Phi) is 8.25. The van der Waals surface area contributed by atoms with Crippen LogP contribution in [0.4, 0.5) is 8.78 Å². The SMILES string of the molecule is C=C(Br)/C=c1/[nH]c(C(=O)/C(C#N)=C/N(C)C)c/c1=C/COCC(F)F. The van der Waals surface area contributed by atoms with Gasteiger partial charge in [0.2, 0.25) is 5.78 Å². The van der Waals surface area contributed by atoms with Gasteiger partial charge in [0.25, 0.3) is 6.43 Å². The molecule has 1 rings (SSSR count). The number of carbonyl (C=O) groups is 1. The molecule has 1 aromatic rings. The van der Waals surface area contributed by atoms with Crippen LogP contribution in [0, 0.1) is 11.3 Å². The van der Waals surface area contributed by atoms with Gasteiger partial charge in [0.15, 0.2) is 0 Å². The van der Waals surface area contributed by atoms with E-state index in [0.29, 0.717) is 15.1 Å². The molecule has 0 atom stereocenters. The number of allylic oxidation sites excluding steroid dienone is 2. The summed E-state index contributed by atoms with van der Waals surface area (Å²) in [5.41, 5.74) is 0.172. The van der Waals surface area contributed by atoms with Gasteiger partial charge in [-0.05, 0) is 23.4 Å². The molecule has 0 saturated heterocycles. The van der Waals surface area contributed by atoms with Crippen LogP contribution < -0.4 is 10.6 Å². The maximum absolute atomic E-state index is 12.4. The van der Waals surface area contributed by atoms with Crippen LogP contribution >= 0.6 is 15.9 Å². The Bertz CT molecular complexity index is 820. The average Bonchev–Trinajstić information content (AvgIpc) is 2.90. The van der Waals surface area contributed by atoms with E-state index in [1.165, 1.54) is 12.3 Å². The molecular formula is C17H18BrF2N3O2. The second-order valence-corrected chi connectivity index (χ2v) is 6.24. The zero-order chi connectivity index (χ0) is 19.0. The summed E-state index contributed by atoms with van der Waals surface area (Å²) in [5.74, 6) is -0.473. The topological polar surface area (TPSA) is 69.1 Å². The average molecular weight is 414 g/mol. The first-order chi connectivity index (χ1) is 11.7. The van der Waals surface area contributed by atoms with Gasteiger partial charge in [0, 0.05) is 30.1 Å². The number of hydrogen-bond donors (Lipinski definition) is 1. The van der Waals surface area contributed by atoms with E-state index in [1.54, 1.807) is 31.1 Å². The summed E-state index contributed by atoms with van der Waals surface area (Å²) in [4.78, 5) is 16.9. The summed E-state index contributed by atoms with van der Waals surface area (Å²) in [6, 6.07) is 3.40. The molecule has 0 spiro atoms. The van der Waals surface area contributed by atoms with Crippen LogP contribution in [-0.4, -0.2) is 49.4 Å². The largest absolute Gasteiger partial charge is 0.382 e. The number of ether oxygens (including phenoxy) is 1. The highest BCUT2D eigenvalue weighted by Crippen LogP contribution is 2.05. The molecule has 8 heteroatoms. The number of ketones is 1. The van der Waals surface area contributed by atoms with Crippen LogP contribution in [0.25, 0.3) is 12.2 Å². The molecule has 0 aliphatic heterocycles. The summed E-state index contributed by atoms with van der Waals surface area (Å²) >= 11 is 3.20. The fourth-order valence-electron chi connectivity index (χ4n) is 1.90. The van der Waals surface area contributed by atoms with E-state index in [2.05, 4.69) is 27.5 Å². The number of carbonyl (C=O) groups excluding carboxylic acids is 1. The maximum Gasteiger partial charge on any atom is 0.261 e. The molecule has 0 aromatic carbocycles. The van der Waals surface area contributed by atoms with Gasteiger partial charge in [-0.2, -0.15) is 5.26 Å². The van der Waals surface area contributed by atoms with E-state index in [1.807, 2.05) is 6.07 Å². The van der Waals surface area contributed by atoms with Gasteiger partial charge >= 0.3 is 0 Å². The Morgan fingerprint density at radius 3 is 2.76 bits per heavy atom. The molecule has 0 aliphatic carbocycles. The second-order valence-electron chi connectivity index (χ2n) is 5.22. The Labute approximate surface area is 152 Å². The molecule has 0 bridgehead atoms. The van der Waals surface area contributed by atoms with Crippen molar-refractivity contribution in [2.24, 2.45) is 0 Å². The Morgan fingerprint density at radius 1 is 1.56 bits per heavy atom. The van der Waals surface area contributed by atoms with Gasteiger partial charge in [-0.15, -0.1) is 0 Å². The molecule has 1 aromatic heterocycles. The fourth-order valence-corrected chi connectivity index (χ4v) is 2.13. The van der Waals surface area contributed by atoms with E-state index in [4.69, 9.17) is 10.00 Å². The first kappa shape index (κ1) is 20.8. The maximum atomic E-state index is 12.4. The van der Waals surface area contributed by atoms with Crippen molar-refractivity contribution in [1.29, 1.82) is 5.26 Å². The van der Waals surface area contributed by atoms with Gasteiger partial charge < -0.3 is 14.6 Å². The normalized spacial score (nSPS) is 13.2. The van der Waals surface area contributed by atoms with E-state index in [9.17, 15) is 13.6 Å². The number of alkyl halides is 2. The summed E-state index contributed by atoms with van der Waals surface area (Å²) in [6.45, 7) is 2.99. The molecule has 5 nitrogen and oxygen atoms in total. The van der Waals surface area contributed by atoms with Crippen molar-refractivity contribution in [3.63, 3.8) is 0 Å². The third kappa shape index (κ3) is 7.03.